The van der Waals surface area contributed by atoms with Crippen molar-refractivity contribution in [1.82, 2.24) is 0 Å². The Hall–Kier alpha value is -1.51. The van der Waals surface area contributed by atoms with E-state index in [4.69, 9.17) is 22.1 Å². The van der Waals surface area contributed by atoms with Gasteiger partial charge in [0.1, 0.15) is 11.5 Å². The normalized spacial score (nSPS) is 12.2. The van der Waals surface area contributed by atoms with Crippen molar-refractivity contribution in [2.75, 3.05) is 0 Å². The first-order chi connectivity index (χ1) is 9.45. The quantitative estimate of drug-likeness (QED) is 0.890. The second kappa shape index (κ2) is 6.29. The Kier molecular flexibility index (Phi) is 4.69. The number of hydrogen-bond donors (Lipinski definition) is 1. The van der Waals surface area contributed by atoms with E-state index in [2.05, 4.69) is 19.9 Å². The number of rotatable bonds is 4. The van der Waals surface area contributed by atoms with Crippen molar-refractivity contribution < 1.29 is 4.74 Å². The second-order valence-electron chi connectivity index (χ2n) is 5.28. The van der Waals surface area contributed by atoms with Crippen molar-refractivity contribution >= 4 is 11.6 Å². The summed E-state index contributed by atoms with van der Waals surface area (Å²) in [6.07, 6.45) is 0.737. The Balaban J connectivity index is 2.30. The molecule has 0 saturated heterocycles. The molecule has 2 aromatic rings. The average Bonchev–Trinajstić information content (AvgIpc) is 2.36. The summed E-state index contributed by atoms with van der Waals surface area (Å²) in [7, 11) is 0. The minimum atomic E-state index is 0.0653. The predicted octanol–water partition coefficient (Wildman–Crippen LogP) is 4.64. The smallest absolute Gasteiger partial charge is 0.130 e. The minimum absolute atomic E-state index is 0.0653. The molecule has 0 aromatic heterocycles. The van der Waals surface area contributed by atoms with Crippen LogP contribution >= 0.6 is 11.6 Å². The standard InChI is InChI=1S/C17H20ClNO/c1-11-4-6-16(8-12(11)2)20-17-7-5-15(18)10-14(17)9-13(3)19/h4-8,10,13H,9,19H2,1-3H3. The maximum absolute atomic E-state index is 6.05. The highest BCUT2D eigenvalue weighted by atomic mass is 35.5. The number of nitrogens with two attached hydrogens (primary N) is 1. The lowest BCUT2D eigenvalue weighted by Gasteiger charge is -2.14. The lowest BCUT2D eigenvalue weighted by molar-refractivity contribution is 0.473. The maximum Gasteiger partial charge on any atom is 0.130 e. The first-order valence-corrected chi connectivity index (χ1v) is 7.12. The third-order valence-corrected chi connectivity index (χ3v) is 3.51. The fraction of sp³-hybridized carbons (Fsp3) is 0.294. The van der Waals surface area contributed by atoms with Gasteiger partial charge in [0, 0.05) is 11.1 Å². The Morgan fingerprint density at radius 2 is 1.85 bits per heavy atom. The van der Waals surface area contributed by atoms with Gasteiger partial charge in [0.15, 0.2) is 0 Å². The second-order valence-corrected chi connectivity index (χ2v) is 5.72. The van der Waals surface area contributed by atoms with Gasteiger partial charge in [-0.15, -0.1) is 0 Å². The van der Waals surface area contributed by atoms with Crippen LogP contribution in [-0.4, -0.2) is 6.04 Å². The molecule has 2 N–H and O–H groups in total. The molecule has 2 nitrogen and oxygen atoms in total. The first-order valence-electron chi connectivity index (χ1n) is 6.75. The Morgan fingerprint density at radius 3 is 2.50 bits per heavy atom. The minimum Gasteiger partial charge on any atom is -0.457 e. The molecule has 0 amide bonds. The summed E-state index contributed by atoms with van der Waals surface area (Å²) >= 11 is 6.05. The van der Waals surface area contributed by atoms with Gasteiger partial charge in [-0.2, -0.15) is 0 Å². The molecule has 106 valence electrons. The number of aryl methyl sites for hydroxylation is 2. The summed E-state index contributed by atoms with van der Waals surface area (Å²) in [6.45, 7) is 6.14. The monoisotopic (exact) mass is 289 g/mol. The molecular weight excluding hydrogens is 270 g/mol. The highest BCUT2D eigenvalue weighted by Crippen LogP contribution is 2.29. The molecule has 0 spiro atoms. The van der Waals surface area contributed by atoms with Crippen LogP contribution in [0.5, 0.6) is 11.5 Å². The molecule has 0 saturated carbocycles. The molecule has 2 aromatic carbocycles. The van der Waals surface area contributed by atoms with Crippen LogP contribution < -0.4 is 10.5 Å². The van der Waals surface area contributed by atoms with E-state index in [0.717, 1.165) is 23.5 Å². The van der Waals surface area contributed by atoms with Crippen LogP contribution in [-0.2, 0) is 6.42 Å². The largest absolute Gasteiger partial charge is 0.457 e. The van der Waals surface area contributed by atoms with Crippen molar-refractivity contribution in [2.24, 2.45) is 5.73 Å². The molecule has 0 aliphatic heterocycles. The summed E-state index contributed by atoms with van der Waals surface area (Å²) < 4.78 is 5.99. The summed E-state index contributed by atoms with van der Waals surface area (Å²) in [4.78, 5) is 0. The van der Waals surface area contributed by atoms with Gasteiger partial charge in [0.05, 0.1) is 0 Å². The molecule has 0 aliphatic rings. The Morgan fingerprint density at radius 1 is 1.10 bits per heavy atom. The molecule has 20 heavy (non-hydrogen) atoms. The van der Waals surface area contributed by atoms with Crippen molar-refractivity contribution in [1.29, 1.82) is 0 Å². The van der Waals surface area contributed by atoms with Gasteiger partial charge < -0.3 is 10.5 Å². The van der Waals surface area contributed by atoms with Crippen molar-refractivity contribution in [3.63, 3.8) is 0 Å². The van der Waals surface area contributed by atoms with Gasteiger partial charge in [-0.25, -0.2) is 0 Å². The summed E-state index contributed by atoms with van der Waals surface area (Å²) in [5, 5.41) is 0.702. The van der Waals surface area contributed by atoms with Crippen molar-refractivity contribution in [3.8, 4) is 11.5 Å². The first kappa shape index (κ1) is 14.9. The lowest BCUT2D eigenvalue weighted by atomic mass is 10.1. The van der Waals surface area contributed by atoms with Crippen molar-refractivity contribution in [3.05, 3.63) is 58.1 Å². The van der Waals surface area contributed by atoms with Crippen LogP contribution in [0.15, 0.2) is 36.4 Å². The fourth-order valence-electron chi connectivity index (χ4n) is 2.06. The molecule has 1 unspecified atom stereocenters. The topological polar surface area (TPSA) is 35.2 Å². The van der Waals surface area contributed by atoms with E-state index in [-0.39, 0.29) is 6.04 Å². The van der Waals surface area contributed by atoms with E-state index in [1.54, 1.807) is 0 Å². The third kappa shape index (κ3) is 3.75. The van der Waals surface area contributed by atoms with Gasteiger partial charge in [0.2, 0.25) is 0 Å². The van der Waals surface area contributed by atoms with E-state index in [1.165, 1.54) is 11.1 Å². The van der Waals surface area contributed by atoms with Gasteiger partial charge >= 0.3 is 0 Å². The van der Waals surface area contributed by atoms with Crippen LogP contribution in [0.3, 0.4) is 0 Å². The van der Waals surface area contributed by atoms with Crippen molar-refractivity contribution in [2.45, 2.75) is 33.2 Å². The van der Waals surface area contributed by atoms with E-state index >= 15 is 0 Å². The number of ether oxygens (including phenoxy) is 1. The molecular formula is C17H20ClNO. The fourth-order valence-corrected chi connectivity index (χ4v) is 2.25. The average molecular weight is 290 g/mol. The zero-order chi connectivity index (χ0) is 14.7. The molecule has 3 heteroatoms. The Bertz CT molecular complexity index is 608. The Labute approximate surface area is 125 Å². The van der Waals surface area contributed by atoms with Crippen LogP contribution in [0.1, 0.15) is 23.6 Å². The van der Waals surface area contributed by atoms with E-state index in [9.17, 15) is 0 Å². The molecule has 1 atom stereocenters. The zero-order valence-electron chi connectivity index (χ0n) is 12.1. The van der Waals surface area contributed by atoms with Gasteiger partial charge in [-0.1, -0.05) is 17.7 Å². The molecule has 2 rings (SSSR count). The van der Waals surface area contributed by atoms with E-state index in [1.807, 2.05) is 37.3 Å². The molecule has 0 bridgehead atoms. The van der Waals surface area contributed by atoms with Gasteiger partial charge in [0.25, 0.3) is 0 Å². The predicted molar refractivity (Wildman–Crippen MR) is 84.8 cm³/mol. The summed E-state index contributed by atoms with van der Waals surface area (Å²) in [5.41, 5.74) is 9.38. The molecule has 0 fully saturated rings. The van der Waals surface area contributed by atoms with E-state index < -0.39 is 0 Å². The zero-order valence-corrected chi connectivity index (χ0v) is 12.9. The van der Waals surface area contributed by atoms with E-state index in [0.29, 0.717) is 5.02 Å². The molecule has 0 radical (unpaired) electrons. The maximum atomic E-state index is 6.05. The number of benzene rings is 2. The van der Waals surface area contributed by atoms with Crippen LogP contribution in [0.2, 0.25) is 5.02 Å². The molecule has 0 aliphatic carbocycles. The number of hydrogen-bond acceptors (Lipinski definition) is 2. The summed E-state index contributed by atoms with van der Waals surface area (Å²) in [6, 6.07) is 11.8. The van der Waals surface area contributed by atoms with Crippen LogP contribution in [0.25, 0.3) is 0 Å². The SMILES string of the molecule is Cc1ccc(Oc2ccc(Cl)cc2CC(C)N)cc1C. The molecule has 0 heterocycles. The highest BCUT2D eigenvalue weighted by Gasteiger charge is 2.09. The van der Waals surface area contributed by atoms with Crippen LogP contribution in [0, 0.1) is 13.8 Å². The van der Waals surface area contributed by atoms with Gasteiger partial charge in [-0.3, -0.25) is 0 Å². The van der Waals surface area contributed by atoms with Gasteiger partial charge in [-0.05, 0) is 74.2 Å². The lowest BCUT2D eigenvalue weighted by Crippen LogP contribution is -2.18. The summed E-state index contributed by atoms with van der Waals surface area (Å²) in [5.74, 6) is 1.65. The van der Waals surface area contributed by atoms with Crippen LogP contribution in [0.4, 0.5) is 0 Å². The highest BCUT2D eigenvalue weighted by molar-refractivity contribution is 6.30. The third-order valence-electron chi connectivity index (χ3n) is 3.27. The number of halogens is 1.